The van der Waals surface area contributed by atoms with Gasteiger partial charge in [0.2, 0.25) is 0 Å². The van der Waals surface area contributed by atoms with Gasteiger partial charge in [-0.3, -0.25) is 19.8 Å². The van der Waals surface area contributed by atoms with E-state index in [1.54, 1.807) is 12.2 Å². The van der Waals surface area contributed by atoms with E-state index in [0.29, 0.717) is 12.0 Å². The first-order valence-electron chi connectivity index (χ1n) is 10.4. The normalized spacial score (nSPS) is 22.4. The summed E-state index contributed by atoms with van der Waals surface area (Å²) >= 11 is 5.14. The molecule has 2 amide bonds. The monoisotopic (exact) mass is 425 g/mol. The van der Waals surface area contributed by atoms with E-state index in [0.717, 1.165) is 17.5 Å². The number of amides is 2. The Hall–Kier alpha value is -2.47. The summed E-state index contributed by atoms with van der Waals surface area (Å²) in [4.78, 5) is 29.2. The Labute approximate surface area is 184 Å². The maximum atomic E-state index is 12.9. The van der Waals surface area contributed by atoms with Crippen LogP contribution in [0, 0.1) is 6.92 Å². The molecule has 0 bridgehead atoms. The van der Waals surface area contributed by atoms with Gasteiger partial charge in [-0.15, -0.1) is 6.58 Å². The molecule has 0 aromatic heterocycles. The molecular formula is C24H31N3O2S. The summed E-state index contributed by atoms with van der Waals surface area (Å²) in [5, 5.41) is 2.73. The van der Waals surface area contributed by atoms with E-state index in [2.05, 4.69) is 63.5 Å². The highest BCUT2D eigenvalue weighted by Crippen LogP contribution is 2.45. The Kier molecular flexibility index (Phi) is 5.92. The Morgan fingerprint density at radius 3 is 2.60 bits per heavy atom. The van der Waals surface area contributed by atoms with Crippen LogP contribution in [0.15, 0.2) is 30.4 Å². The van der Waals surface area contributed by atoms with Gasteiger partial charge in [0.1, 0.15) is 5.57 Å². The number of benzene rings is 1. The van der Waals surface area contributed by atoms with Gasteiger partial charge in [-0.1, -0.05) is 13.0 Å². The van der Waals surface area contributed by atoms with Gasteiger partial charge in [0.25, 0.3) is 11.8 Å². The van der Waals surface area contributed by atoms with Crippen LogP contribution in [0.2, 0.25) is 0 Å². The lowest BCUT2D eigenvalue weighted by molar-refractivity contribution is -0.128. The fourth-order valence-electron chi connectivity index (χ4n) is 4.89. The van der Waals surface area contributed by atoms with Gasteiger partial charge in [0.15, 0.2) is 5.11 Å². The third-order valence-corrected chi connectivity index (χ3v) is 6.30. The van der Waals surface area contributed by atoms with E-state index in [9.17, 15) is 9.59 Å². The minimum Gasteiger partial charge on any atom is -0.364 e. The number of nitrogens with zero attached hydrogens (tertiary/aromatic N) is 2. The SMILES string of the molecule is C=CCN1C(=O)/C(=C\c2cc3c(cc2C)N(C(C)C)C(C)(C)C[C@H]3C)C(=O)NC1=S. The summed E-state index contributed by atoms with van der Waals surface area (Å²) in [6.45, 7) is 17.2. The second-order valence-corrected chi connectivity index (χ2v) is 9.56. The lowest BCUT2D eigenvalue weighted by atomic mass is 9.78. The zero-order valence-corrected chi connectivity index (χ0v) is 19.5. The molecule has 0 unspecified atom stereocenters. The third-order valence-electron chi connectivity index (χ3n) is 5.98. The Bertz CT molecular complexity index is 961. The maximum absolute atomic E-state index is 12.9. The van der Waals surface area contributed by atoms with Crippen molar-refractivity contribution in [2.75, 3.05) is 11.4 Å². The molecule has 30 heavy (non-hydrogen) atoms. The molecule has 5 nitrogen and oxygen atoms in total. The number of carbonyl (C=O) groups is 2. The summed E-state index contributed by atoms with van der Waals surface area (Å²) in [5.41, 5.74) is 4.56. The fourth-order valence-corrected chi connectivity index (χ4v) is 5.14. The standard InChI is InChI=1S/C24H31N3O2S/c1-8-9-26-22(29)19(21(28)25-23(26)30)12-17-11-18-16(5)13-24(6,7)27(14(2)3)20(18)10-15(17)4/h8,10-12,14,16H,1,9,13H2,2-7H3,(H,25,28,30)/b19-12-/t16-/m1/s1. The molecule has 160 valence electrons. The van der Waals surface area contributed by atoms with Crippen molar-refractivity contribution in [1.29, 1.82) is 0 Å². The Morgan fingerprint density at radius 2 is 2.00 bits per heavy atom. The molecule has 2 aliphatic heterocycles. The number of anilines is 1. The van der Waals surface area contributed by atoms with Crippen LogP contribution in [0.5, 0.6) is 0 Å². The molecule has 0 aliphatic carbocycles. The minimum atomic E-state index is -0.458. The lowest BCUT2D eigenvalue weighted by Crippen LogP contribution is -2.53. The second-order valence-electron chi connectivity index (χ2n) is 9.17. The van der Waals surface area contributed by atoms with E-state index in [1.807, 2.05) is 6.92 Å². The van der Waals surface area contributed by atoms with Crippen LogP contribution >= 0.6 is 12.2 Å². The molecule has 0 radical (unpaired) electrons. The molecule has 1 N–H and O–H groups in total. The number of carbonyl (C=O) groups excluding carboxylic acids is 2. The minimum absolute atomic E-state index is 0.0626. The zero-order chi connectivity index (χ0) is 22.4. The molecule has 1 aromatic carbocycles. The maximum Gasteiger partial charge on any atom is 0.265 e. The highest BCUT2D eigenvalue weighted by atomic mass is 32.1. The predicted octanol–water partition coefficient (Wildman–Crippen LogP) is 4.31. The van der Waals surface area contributed by atoms with Gasteiger partial charge in [-0.25, -0.2) is 0 Å². The van der Waals surface area contributed by atoms with Crippen molar-refractivity contribution in [1.82, 2.24) is 10.2 Å². The third kappa shape index (κ3) is 3.81. The number of fused-ring (bicyclic) bond motifs is 1. The fraction of sp³-hybridized carbons (Fsp3) is 0.458. The number of rotatable bonds is 4. The van der Waals surface area contributed by atoms with Crippen molar-refractivity contribution < 1.29 is 9.59 Å². The number of hydrogen-bond acceptors (Lipinski definition) is 4. The molecule has 1 fully saturated rings. The van der Waals surface area contributed by atoms with Crippen molar-refractivity contribution in [3.8, 4) is 0 Å². The first-order chi connectivity index (χ1) is 14.0. The van der Waals surface area contributed by atoms with Gasteiger partial charge in [-0.2, -0.15) is 0 Å². The molecule has 3 rings (SSSR count). The molecule has 1 aromatic rings. The van der Waals surface area contributed by atoms with Crippen LogP contribution < -0.4 is 10.2 Å². The topological polar surface area (TPSA) is 52.7 Å². The van der Waals surface area contributed by atoms with Gasteiger partial charge in [-0.05, 0) is 94.1 Å². The molecule has 6 heteroatoms. The highest BCUT2D eigenvalue weighted by molar-refractivity contribution is 7.80. The van der Waals surface area contributed by atoms with E-state index < -0.39 is 11.8 Å². The molecule has 0 saturated carbocycles. The average Bonchev–Trinajstić information content (AvgIpc) is 2.61. The highest BCUT2D eigenvalue weighted by Gasteiger charge is 2.38. The number of thiocarbonyl (C=S) groups is 1. The number of nitrogens with one attached hydrogen (secondary N) is 1. The smallest absolute Gasteiger partial charge is 0.265 e. The van der Waals surface area contributed by atoms with Crippen LogP contribution in [0.25, 0.3) is 6.08 Å². The molecule has 1 saturated heterocycles. The van der Waals surface area contributed by atoms with Gasteiger partial charge in [0.05, 0.1) is 0 Å². The van der Waals surface area contributed by atoms with Crippen molar-refractivity contribution >= 4 is 40.9 Å². The zero-order valence-electron chi connectivity index (χ0n) is 18.7. The first-order valence-corrected chi connectivity index (χ1v) is 10.8. The van der Waals surface area contributed by atoms with E-state index in [4.69, 9.17) is 12.2 Å². The van der Waals surface area contributed by atoms with Crippen molar-refractivity contribution in [3.05, 3.63) is 47.1 Å². The average molecular weight is 426 g/mol. The lowest BCUT2D eigenvalue weighted by Gasteiger charge is -2.50. The summed E-state index contributed by atoms with van der Waals surface area (Å²) in [5.74, 6) is -0.470. The second kappa shape index (κ2) is 7.99. The number of aryl methyl sites for hydroxylation is 1. The Balaban J connectivity index is 2.10. The van der Waals surface area contributed by atoms with Crippen LogP contribution in [-0.4, -0.2) is 40.0 Å². The van der Waals surface area contributed by atoms with E-state index >= 15 is 0 Å². The van der Waals surface area contributed by atoms with Crippen LogP contribution in [-0.2, 0) is 9.59 Å². The molecule has 2 aliphatic rings. The predicted molar refractivity (Wildman–Crippen MR) is 127 cm³/mol. The largest absolute Gasteiger partial charge is 0.364 e. The molecule has 1 atom stereocenters. The van der Waals surface area contributed by atoms with Crippen LogP contribution in [0.1, 0.15) is 63.6 Å². The summed E-state index contributed by atoms with van der Waals surface area (Å²) in [7, 11) is 0. The van der Waals surface area contributed by atoms with Crippen molar-refractivity contribution in [2.45, 2.75) is 65.5 Å². The summed E-state index contributed by atoms with van der Waals surface area (Å²) in [6.07, 6.45) is 4.32. The quantitative estimate of drug-likeness (QED) is 0.338. The molecular weight excluding hydrogens is 394 g/mol. The van der Waals surface area contributed by atoms with E-state index in [1.165, 1.54) is 16.2 Å². The summed E-state index contributed by atoms with van der Waals surface area (Å²) < 4.78 is 0. The Morgan fingerprint density at radius 1 is 1.33 bits per heavy atom. The van der Waals surface area contributed by atoms with E-state index in [-0.39, 0.29) is 22.8 Å². The van der Waals surface area contributed by atoms with Crippen molar-refractivity contribution in [2.24, 2.45) is 0 Å². The summed E-state index contributed by atoms with van der Waals surface area (Å²) in [6, 6.07) is 4.70. The molecule has 0 spiro atoms. The number of hydrogen-bond donors (Lipinski definition) is 1. The first kappa shape index (κ1) is 22.2. The van der Waals surface area contributed by atoms with Gasteiger partial charge >= 0.3 is 0 Å². The van der Waals surface area contributed by atoms with Crippen molar-refractivity contribution in [3.63, 3.8) is 0 Å². The van der Waals surface area contributed by atoms with Gasteiger partial charge < -0.3 is 4.90 Å². The molecule has 2 heterocycles. The van der Waals surface area contributed by atoms with Gasteiger partial charge in [0, 0.05) is 23.8 Å². The van der Waals surface area contributed by atoms with Crippen LogP contribution in [0.4, 0.5) is 5.69 Å². The van der Waals surface area contributed by atoms with Crippen LogP contribution in [0.3, 0.4) is 0 Å².